The smallest absolute Gasteiger partial charge is 0.304 e. The number of halogens is 1. The third-order valence-electron chi connectivity index (χ3n) is 6.82. The highest BCUT2D eigenvalue weighted by molar-refractivity contribution is 7.90. The minimum Gasteiger partial charge on any atom is -0.352 e. The molecule has 0 radical (unpaired) electrons. The first-order valence-corrected chi connectivity index (χ1v) is 14.0. The number of aryl methyl sites for hydroxylation is 1. The number of carbonyl (C=O) groups excluding carboxylic acids is 2. The molecular weight excluding hydrogens is 495 g/mol. The standard InChI is InChI=1S/C27H37FN4O4S/c1-5-25(27(34)29-23-12-8-9-13-23)31(18-21-11-7-6-10-20(21)2)26(33)19-32(37(35,36)30(3)4)24-16-14-22(28)15-17-24/h6-7,10-11,14-17,23,25H,5,8-9,12-13,18-19H2,1-4H3,(H,29,34)/t25-/m0/s1. The zero-order chi connectivity index (χ0) is 27.2. The van der Waals surface area contributed by atoms with E-state index in [4.69, 9.17) is 0 Å². The maximum Gasteiger partial charge on any atom is 0.304 e. The molecule has 1 aliphatic carbocycles. The number of benzene rings is 2. The van der Waals surface area contributed by atoms with Crippen molar-refractivity contribution in [3.05, 3.63) is 65.5 Å². The number of carbonyl (C=O) groups is 2. The van der Waals surface area contributed by atoms with E-state index < -0.39 is 34.5 Å². The molecule has 2 aromatic rings. The van der Waals surface area contributed by atoms with Gasteiger partial charge >= 0.3 is 10.2 Å². The quantitative estimate of drug-likeness (QED) is 0.479. The Balaban J connectivity index is 1.97. The van der Waals surface area contributed by atoms with E-state index in [0.717, 1.165) is 57.6 Å². The number of amides is 2. The summed E-state index contributed by atoms with van der Waals surface area (Å²) in [6.45, 7) is 3.39. The largest absolute Gasteiger partial charge is 0.352 e. The van der Waals surface area contributed by atoms with Gasteiger partial charge in [-0.2, -0.15) is 12.7 Å². The molecule has 1 aliphatic rings. The summed E-state index contributed by atoms with van der Waals surface area (Å²) in [4.78, 5) is 28.7. The monoisotopic (exact) mass is 532 g/mol. The van der Waals surface area contributed by atoms with Crippen LogP contribution in [-0.4, -0.2) is 62.2 Å². The van der Waals surface area contributed by atoms with E-state index in [9.17, 15) is 22.4 Å². The van der Waals surface area contributed by atoms with Crippen LogP contribution in [0.2, 0.25) is 0 Å². The van der Waals surface area contributed by atoms with Crippen LogP contribution in [0.4, 0.5) is 10.1 Å². The van der Waals surface area contributed by atoms with Crippen LogP contribution in [0, 0.1) is 12.7 Å². The number of hydrogen-bond acceptors (Lipinski definition) is 4. The second-order valence-electron chi connectivity index (χ2n) is 9.64. The Kier molecular flexibility index (Phi) is 9.67. The van der Waals surface area contributed by atoms with Crippen LogP contribution >= 0.6 is 0 Å². The van der Waals surface area contributed by atoms with Crippen LogP contribution < -0.4 is 9.62 Å². The van der Waals surface area contributed by atoms with Gasteiger partial charge in [0.25, 0.3) is 0 Å². The van der Waals surface area contributed by atoms with Crippen LogP contribution in [0.1, 0.15) is 50.2 Å². The summed E-state index contributed by atoms with van der Waals surface area (Å²) in [7, 11) is -1.36. The summed E-state index contributed by atoms with van der Waals surface area (Å²) in [6.07, 6.45) is 4.30. The first-order valence-electron chi connectivity index (χ1n) is 12.6. The third-order valence-corrected chi connectivity index (χ3v) is 8.64. The van der Waals surface area contributed by atoms with Gasteiger partial charge in [0.1, 0.15) is 18.4 Å². The maximum atomic E-state index is 13.9. The number of nitrogens with zero attached hydrogens (tertiary/aromatic N) is 3. The summed E-state index contributed by atoms with van der Waals surface area (Å²) in [5.74, 6) is -1.28. The lowest BCUT2D eigenvalue weighted by atomic mass is 10.1. The molecule has 0 aliphatic heterocycles. The molecule has 0 aromatic heterocycles. The van der Waals surface area contributed by atoms with Crippen molar-refractivity contribution in [3.8, 4) is 0 Å². The van der Waals surface area contributed by atoms with Crippen molar-refractivity contribution in [1.82, 2.24) is 14.5 Å². The van der Waals surface area contributed by atoms with Crippen LogP contribution in [-0.2, 0) is 26.3 Å². The zero-order valence-electron chi connectivity index (χ0n) is 22.0. The zero-order valence-corrected chi connectivity index (χ0v) is 22.8. The molecule has 1 fully saturated rings. The van der Waals surface area contributed by atoms with Gasteiger partial charge in [-0.1, -0.05) is 44.0 Å². The average Bonchev–Trinajstić information content (AvgIpc) is 3.37. The van der Waals surface area contributed by atoms with E-state index in [1.54, 1.807) is 0 Å². The topological polar surface area (TPSA) is 90.0 Å². The molecule has 1 atom stereocenters. The molecule has 0 spiro atoms. The van der Waals surface area contributed by atoms with E-state index in [1.165, 1.54) is 31.1 Å². The Hall–Kier alpha value is -2.98. The summed E-state index contributed by atoms with van der Waals surface area (Å²) in [6, 6.07) is 11.8. The van der Waals surface area contributed by atoms with Crippen molar-refractivity contribution in [3.63, 3.8) is 0 Å². The molecule has 202 valence electrons. The van der Waals surface area contributed by atoms with Crippen molar-refractivity contribution < 1.29 is 22.4 Å². The van der Waals surface area contributed by atoms with Crippen LogP contribution in [0.15, 0.2) is 48.5 Å². The Bertz CT molecular complexity index is 1180. The molecule has 3 rings (SSSR count). The summed E-state index contributed by atoms with van der Waals surface area (Å²) in [5.41, 5.74) is 1.98. The van der Waals surface area contributed by atoms with Crippen molar-refractivity contribution in [1.29, 1.82) is 0 Å². The molecule has 1 saturated carbocycles. The molecular formula is C27H37FN4O4S. The predicted molar refractivity (Wildman–Crippen MR) is 143 cm³/mol. The van der Waals surface area contributed by atoms with E-state index in [1.807, 2.05) is 38.1 Å². The van der Waals surface area contributed by atoms with Crippen molar-refractivity contribution in [2.75, 3.05) is 24.9 Å². The Labute approximate surface area is 219 Å². The van der Waals surface area contributed by atoms with Gasteiger partial charge in [0.05, 0.1) is 5.69 Å². The molecule has 8 nitrogen and oxygen atoms in total. The van der Waals surface area contributed by atoms with Crippen LogP contribution in [0.5, 0.6) is 0 Å². The minimum atomic E-state index is -4.09. The average molecular weight is 533 g/mol. The van der Waals surface area contributed by atoms with Crippen molar-refractivity contribution >= 4 is 27.7 Å². The Morgan fingerprint density at radius 2 is 1.68 bits per heavy atom. The highest BCUT2D eigenvalue weighted by Crippen LogP contribution is 2.23. The molecule has 37 heavy (non-hydrogen) atoms. The van der Waals surface area contributed by atoms with Gasteiger partial charge in [-0.25, -0.2) is 8.70 Å². The third kappa shape index (κ3) is 7.07. The van der Waals surface area contributed by atoms with Gasteiger partial charge in [0, 0.05) is 26.7 Å². The highest BCUT2D eigenvalue weighted by atomic mass is 32.2. The minimum absolute atomic E-state index is 0.0850. The summed E-state index contributed by atoms with van der Waals surface area (Å²) < 4.78 is 41.9. The molecule has 0 unspecified atom stereocenters. The van der Waals surface area contributed by atoms with Gasteiger partial charge in [-0.3, -0.25) is 9.59 Å². The van der Waals surface area contributed by atoms with Gasteiger partial charge in [-0.15, -0.1) is 0 Å². The normalized spacial score (nSPS) is 15.0. The fourth-order valence-corrected chi connectivity index (χ4v) is 5.64. The van der Waals surface area contributed by atoms with E-state index >= 15 is 0 Å². The molecule has 0 heterocycles. The van der Waals surface area contributed by atoms with Crippen LogP contribution in [0.3, 0.4) is 0 Å². The van der Waals surface area contributed by atoms with Gasteiger partial charge < -0.3 is 10.2 Å². The van der Waals surface area contributed by atoms with Gasteiger partial charge in [0.15, 0.2) is 0 Å². The SMILES string of the molecule is CC[C@@H](C(=O)NC1CCCC1)N(Cc1ccccc1C)C(=O)CN(c1ccc(F)cc1)S(=O)(=O)N(C)C. The van der Waals surface area contributed by atoms with E-state index in [-0.39, 0.29) is 24.2 Å². The van der Waals surface area contributed by atoms with Gasteiger partial charge in [-0.05, 0) is 61.6 Å². The number of hydrogen-bond donors (Lipinski definition) is 1. The summed E-state index contributed by atoms with van der Waals surface area (Å²) >= 11 is 0. The first-order chi connectivity index (χ1) is 17.5. The molecule has 10 heteroatoms. The molecule has 1 N–H and O–H groups in total. The molecule has 0 saturated heterocycles. The predicted octanol–water partition coefficient (Wildman–Crippen LogP) is 3.61. The van der Waals surface area contributed by atoms with E-state index in [2.05, 4.69) is 5.32 Å². The summed E-state index contributed by atoms with van der Waals surface area (Å²) in [5, 5.41) is 3.09. The first kappa shape index (κ1) is 28.6. The second kappa shape index (κ2) is 12.5. The number of nitrogens with one attached hydrogen (secondary N) is 1. The fourth-order valence-electron chi connectivity index (χ4n) is 4.58. The van der Waals surface area contributed by atoms with Crippen LogP contribution in [0.25, 0.3) is 0 Å². The molecule has 2 amide bonds. The van der Waals surface area contributed by atoms with E-state index in [0.29, 0.717) is 6.42 Å². The lowest BCUT2D eigenvalue weighted by Gasteiger charge is -2.34. The Morgan fingerprint density at radius 1 is 1.05 bits per heavy atom. The lowest BCUT2D eigenvalue weighted by Crippen LogP contribution is -2.54. The lowest BCUT2D eigenvalue weighted by molar-refractivity contribution is -0.140. The second-order valence-corrected chi connectivity index (χ2v) is 11.7. The fraction of sp³-hybridized carbons (Fsp3) is 0.481. The maximum absolute atomic E-state index is 13.9. The number of anilines is 1. The highest BCUT2D eigenvalue weighted by Gasteiger charge is 2.34. The van der Waals surface area contributed by atoms with Crippen molar-refractivity contribution in [2.24, 2.45) is 0 Å². The van der Waals surface area contributed by atoms with Gasteiger partial charge in [0.2, 0.25) is 11.8 Å². The Morgan fingerprint density at radius 3 is 2.24 bits per heavy atom. The van der Waals surface area contributed by atoms with Crippen molar-refractivity contribution in [2.45, 2.75) is 64.6 Å². The molecule has 0 bridgehead atoms. The number of rotatable bonds is 11. The molecule has 2 aromatic carbocycles.